The Bertz CT molecular complexity index is 700. The summed E-state index contributed by atoms with van der Waals surface area (Å²) in [5.41, 5.74) is 7.87. The third kappa shape index (κ3) is 3.62. The van der Waals surface area contributed by atoms with Gasteiger partial charge in [-0.05, 0) is 48.7 Å². The molecular formula is C18H20FN3O. The van der Waals surface area contributed by atoms with E-state index in [9.17, 15) is 4.39 Å². The maximum absolute atomic E-state index is 13.4. The number of hydrogen-bond donors (Lipinski definition) is 2. The van der Waals surface area contributed by atoms with Crippen LogP contribution in [0.4, 0.5) is 4.39 Å². The summed E-state index contributed by atoms with van der Waals surface area (Å²) in [5, 5.41) is 3.19. The molecule has 0 amide bonds. The monoisotopic (exact) mass is 313 g/mol. The van der Waals surface area contributed by atoms with Gasteiger partial charge in [0.05, 0.1) is 18.7 Å². The molecule has 2 unspecified atom stereocenters. The average molecular weight is 313 g/mol. The van der Waals surface area contributed by atoms with Gasteiger partial charge in [-0.2, -0.15) is 0 Å². The van der Waals surface area contributed by atoms with E-state index in [0.717, 1.165) is 23.3 Å². The van der Waals surface area contributed by atoms with Crippen LogP contribution in [0.3, 0.4) is 0 Å². The van der Waals surface area contributed by atoms with E-state index >= 15 is 0 Å². The van der Waals surface area contributed by atoms with Crippen molar-refractivity contribution in [3.05, 3.63) is 65.5 Å². The van der Waals surface area contributed by atoms with Crippen LogP contribution >= 0.6 is 0 Å². The number of nitrogens with zero attached hydrogens (tertiary/aromatic N) is 1. The molecule has 0 aromatic heterocycles. The summed E-state index contributed by atoms with van der Waals surface area (Å²) in [7, 11) is 0. The smallest absolute Gasteiger partial charge is 0.189 e. The molecule has 5 heteroatoms. The molecule has 2 aromatic carbocycles. The zero-order valence-corrected chi connectivity index (χ0v) is 13.0. The minimum Gasteiger partial charge on any atom is -0.494 e. The average Bonchev–Trinajstić information content (AvgIpc) is 2.55. The summed E-state index contributed by atoms with van der Waals surface area (Å²) >= 11 is 0. The highest BCUT2D eigenvalue weighted by molar-refractivity contribution is 5.79. The van der Waals surface area contributed by atoms with E-state index in [4.69, 9.17) is 10.5 Å². The van der Waals surface area contributed by atoms with Crippen LogP contribution in [0, 0.1) is 5.82 Å². The fourth-order valence-corrected chi connectivity index (χ4v) is 2.83. The van der Waals surface area contributed by atoms with Crippen LogP contribution in [0.25, 0.3) is 0 Å². The largest absolute Gasteiger partial charge is 0.494 e. The molecule has 0 saturated heterocycles. The third-order valence-electron chi connectivity index (χ3n) is 3.90. The number of nitrogens with one attached hydrogen (secondary N) is 1. The van der Waals surface area contributed by atoms with Crippen LogP contribution in [0.1, 0.15) is 36.6 Å². The van der Waals surface area contributed by atoms with Crippen molar-refractivity contribution in [2.75, 3.05) is 6.61 Å². The van der Waals surface area contributed by atoms with E-state index in [1.165, 1.54) is 12.1 Å². The number of rotatable bonds is 4. The predicted molar refractivity (Wildman–Crippen MR) is 88.9 cm³/mol. The molecule has 120 valence electrons. The Morgan fingerprint density at radius 2 is 2.00 bits per heavy atom. The Kier molecular flexibility index (Phi) is 4.46. The summed E-state index contributed by atoms with van der Waals surface area (Å²) in [6.45, 7) is 2.60. The second kappa shape index (κ2) is 6.69. The van der Waals surface area contributed by atoms with Gasteiger partial charge in [-0.25, -0.2) is 9.38 Å². The van der Waals surface area contributed by atoms with Crippen LogP contribution < -0.4 is 15.8 Å². The number of halogens is 1. The molecule has 0 aliphatic carbocycles. The van der Waals surface area contributed by atoms with Gasteiger partial charge in [0.2, 0.25) is 0 Å². The number of nitrogens with two attached hydrogens (primary N) is 1. The molecular weight excluding hydrogens is 293 g/mol. The molecule has 3 N–H and O–H groups in total. The first-order chi connectivity index (χ1) is 11.2. The molecule has 2 aromatic rings. The molecule has 0 spiro atoms. The second-order valence-corrected chi connectivity index (χ2v) is 5.52. The lowest BCUT2D eigenvalue weighted by Crippen LogP contribution is -2.39. The number of benzene rings is 2. The molecule has 2 atom stereocenters. The zero-order chi connectivity index (χ0) is 16.2. The number of guanidine groups is 1. The van der Waals surface area contributed by atoms with Crippen molar-refractivity contribution in [2.45, 2.75) is 25.4 Å². The minimum absolute atomic E-state index is 0.0384. The molecule has 23 heavy (non-hydrogen) atoms. The minimum atomic E-state index is -0.257. The van der Waals surface area contributed by atoms with Gasteiger partial charge in [0.1, 0.15) is 11.6 Å². The molecule has 1 heterocycles. The van der Waals surface area contributed by atoms with Gasteiger partial charge in [-0.15, -0.1) is 0 Å². The van der Waals surface area contributed by atoms with Crippen molar-refractivity contribution < 1.29 is 9.13 Å². The Labute approximate surface area is 135 Å². The van der Waals surface area contributed by atoms with Gasteiger partial charge < -0.3 is 15.8 Å². The topological polar surface area (TPSA) is 59.6 Å². The predicted octanol–water partition coefficient (Wildman–Crippen LogP) is 3.31. The van der Waals surface area contributed by atoms with Crippen molar-refractivity contribution >= 4 is 5.96 Å². The molecule has 1 aliphatic heterocycles. The van der Waals surface area contributed by atoms with E-state index < -0.39 is 0 Å². The van der Waals surface area contributed by atoms with Crippen LogP contribution in [0.15, 0.2) is 53.5 Å². The Hall–Kier alpha value is -2.56. The maximum Gasteiger partial charge on any atom is 0.189 e. The highest BCUT2D eigenvalue weighted by Gasteiger charge is 2.24. The van der Waals surface area contributed by atoms with E-state index in [2.05, 4.69) is 10.3 Å². The number of aliphatic imine (C=N–C) groups is 1. The SMILES string of the molecule is CCOc1ccc(C2CC(c3cccc(F)c3)N=C(N)N2)cc1. The van der Waals surface area contributed by atoms with Crippen molar-refractivity contribution in [1.82, 2.24) is 5.32 Å². The van der Waals surface area contributed by atoms with Crippen LogP contribution in [-0.2, 0) is 0 Å². The fourth-order valence-electron chi connectivity index (χ4n) is 2.83. The summed E-state index contributed by atoms with van der Waals surface area (Å²) in [6.07, 6.45) is 0.720. The first-order valence-electron chi connectivity index (χ1n) is 7.73. The lowest BCUT2D eigenvalue weighted by Gasteiger charge is -2.29. The highest BCUT2D eigenvalue weighted by atomic mass is 19.1. The first kappa shape index (κ1) is 15.3. The van der Waals surface area contributed by atoms with Gasteiger partial charge in [0.15, 0.2) is 5.96 Å². The molecule has 3 rings (SSSR count). The fraction of sp³-hybridized carbons (Fsp3) is 0.278. The zero-order valence-electron chi connectivity index (χ0n) is 13.0. The first-order valence-corrected chi connectivity index (χ1v) is 7.73. The molecule has 0 bridgehead atoms. The maximum atomic E-state index is 13.4. The van der Waals surface area contributed by atoms with Crippen molar-refractivity contribution in [3.63, 3.8) is 0 Å². The van der Waals surface area contributed by atoms with E-state index in [1.807, 2.05) is 37.3 Å². The standard InChI is InChI=1S/C18H20FN3O/c1-2-23-15-8-6-12(7-9-15)16-11-17(22-18(20)21-16)13-4-3-5-14(19)10-13/h3-10,16-17H,2,11H2,1H3,(H3,20,21,22). The van der Waals surface area contributed by atoms with E-state index in [0.29, 0.717) is 12.6 Å². The van der Waals surface area contributed by atoms with Gasteiger partial charge in [-0.3, -0.25) is 0 Å². The van der Waals surface area contributed by atoms with Crippen molar-refractivity contribution in [2.24, 2.45) is 10.7 Å². The number of hydrogen-bond acceptors (Lipinski definition) is 4. The lowest BCUT2D eigenvalue weighted by molar-refractivity contribution is 0.340. The van der Waals surface area contributed by atoms with Gasteiger partial charge in [0, 0.05) is 0 Å². The molecule has 0 radical (unpaired) electrons. The third-order valence-corrected chi connectivity index (χ3v) is 3.90. The molecule has 0 fully saturated rings. The second-order valence-electron chi connectivity index (χ2n) is 5.52. The summed E-state index contributed by atoms with van der Waals surface area (Å²) < 4.78 is 18.9. The lowest BCUT2D eigenvalue weighted by atomic mass is 9.94. The normalized spacial score (nSPS) is 20.5. The molecule has 4 nitrogen and oxygen atoms in total. The van der Waals surface area contributed by atoms with Crippen LogP contribution in [-0.4, -0.2) is 12.6 Å². The van der Waals surface area contributed by atoms with Crippen molar-refractivity contribution in [1.29, 1.82) is 0 Å². The van der Waals surface area contributed by atoms with Gasteiger partial charge in [0.25, 0.3) is 0 Å². The van der Waals surface area contributed by atoms with Gasteiger partial charge in [-0.1, -0.05) is 24.3 Å². The Morgan fingerprint density at radius 3 is 2.70 bits per heavy atom. The van der Waals surface area contributed by atoms with E-state index in [-0.39, 0.29) is 17.9 Å². The number of ether oxygens (including phenoxy) is 1. The Morgan fingerprint density at radius 1 is 1.22 bits per heavy atom. The van der Waals surface area contributed by atoms with Crippen molar-refractivity contribution in [3.8, 4) is 5.75 Å². The molecule has 1 aliphatic rings. The summed E-state index contributed by atoms with van der Waals surface area (Å²) in [6, 6.07) is 14.3. The summed E-state index contributed by atoms with van der Waals surface area (Å²) in [5.74, 6) is 0.965. The quantitative estimate of drug-likeness (QED) is 0.910. The van der Waals surface area contributed by atoms with Gasteiger partial charge >= 0.3 is 0 Å². The van der Waals surface area contributed by atoms with E-state index in [1.54, 1.807) is 6.07 Å². The summed E-state index contributed by atoms with van der Waals surface area (Å²) in [4.78, 5) is 4.41. The van der Waals surface area contributed by atoms with Crippen LogP contribution in [0.2, 0.25) is 0 Å². The Balaban J connectivity index is 1.81. The van der Waals surface area contributed by atoms with Crippen LogP contribution in [0.5, 0.6) is 5.75 Å². The molecule has 0 saturated carbocycles. The highest BCUT2D eigenvalue weighted by Crippen LogP contribution is 2.33.